The molecule has 2 amide bonds. The number of rotatable bonds is 3. The third-order valence-electron chi connectivity index (χ3n) is 3.28. The predicted octanol–water partition coefficient (Wildman–Crippen LogP) is 5.42. The molecule has 0 fully saturated rings. The zero-order valence-electron chi connectivity index (χ0n) is 12.4. The first-order valence-corrected chi connectivity index (χ1v) is 7.27. The molecule has 0 aliphatic rings. The van der Waals surface area contributed by atoms with E-state index >= 15 is 0 Å². The maximum absolute atomic E-state index is 12.0. The minimum atomic E-state index is -0.280. The summed E-state index contributed by atoms with van der Waals surface area (Å²) in [4.78, 5) is 12.0. The fourth-order valence-electron chi connectivity index (χ4n) is 1.96. The molecule has 0 radical (unpaired) electrons. The summed E-state index contributed by atoms with van der Waals surface area (Å²) in [6, 6.07) is 13.0. The van der Waals surface area contributed by atoms with E-state index in [0.29, 0.717) is 16.6 Å². The van der Waals surface area contributed by atoms with Gasteiger partial charge in [0.05, 0.1) is 0 Å². The molecule has 0 saturated heterocycles. The first-order valence-electron chi connectivity index (χ1n) is 6.90. The van der Waals surface area contributed by atoms with Crippen molar-refractivity contribution in [2.24, 2.45) is 0 Å². The molecule has 4 heteroatoms. The maximum Gasteiger partial charge on any atom is 0.323 e. The smallest absolute Gasteiger partial charge is 0.308 e. The van der Waals surface area contributed by atoms with Gasteiger partial charge in [-0.3, -0.25) is 0 Å². The highest BCUT2D eigenvalue weighted by Gasteiger charge is 2.06. The van der Waals surface area contributed by atoms with Gasteiger partial charge in [-0.25, -0.2) is 4.79 Å². The van der Waals surface area contributed by atoms with Crippen LogP contribution in [0.2, 0.25) is 5.02 Å². The second kappa shape index (κ2) is 6.64. The zero-order valence-corrected chi connectivity index (χ0v) is 13.2. The quantitative estimate of drug-likeness (QED) is 0.781. The van der Waals surface area contributed by atoms with Crippen LogP contribution in [0.4, 0.5) is 16.2 Å². The van der Waals surface area contributed by atoms with Crippen LogP contribution < -0.4 is 10.6 Å². The van der Waals surface area contributed by atoms with Crippen LogP contribution in [0, 0.1) is 6.92 Å². The Balaban J connectivity index is 2.03. The number of carbonyl (C=O) groups is 1. The van der Waals surface area contributed by atoms with Crippen molar-refractivity contribution in [3.63, 3.8) is 0 Å². The first-order chi connectivity index (χ1) is 9.95. The minimum absolute atomic E-state index is 0.280. The molecule has 0 atom stereocenters. The average molecular weight is 303 g/mol. The first kappa shape index (κ1) is 15.4. The molecule has 2 aromatic carbocycles. The Kier molecular flexibility index (Phi) is 4.86. The monoisotopic (exact) mass is 302 g/mol. The number of benzene rings is 2. The number of amides is 2. The van der Waals surface area contributed by atoms with Crippen LogP contribution in [-0.2, 0) is 0 Å². The molecule has 2 N–H and O–H groups in total. The molecular formula is C17H19ClN2O. The highest BCUT2D eigenvalue weighted by Crippen LogP contribution is 2.21. The summed E-state index contributed by atoms with van der Waals surface area (Å²) in [6.07, 6.45) is 0. The zero-order chi connectivity index (χ0) is 15.4. The van der Waals surface area contributed by atoms with E-state index in [1.54, 1.807) is 12.1 Å². The van der Waals surface area contributed by atoms with Crippen LogP contribution in [-0.4, -0.2) is 6.03 Å². The topological polar surface area (TPSA) is 41.1 Å². The summed E-state index contributed by atoms with van der Waals surface area (Å²) in [6.45, 7) is 6.19. The molecule has 2 aromatic rings. The molecule has 0 heterocycles. The summed E-state index contributed by atoms with van der Waals surface area (Å²) < 4.78 is 0. The Bertz CT molecular complexity index is 636. The van der Waals surface area contributed by atoms with Crippen molar-refractivity contribution in [3.8, 4) is 0 Å². The molecule has 0 spiro atoms. The number of carbonyl (C=O) groups excluding carboxylic acids is 1. The Morgan fingerprint density at radius 2 is 1.71 bits per heavy atom. The summed E-state index contributed by atoms with van der Waals surface area (Å²) in [5, 5.41) is 6.21. The van der Waals surface area contributed by atoms with E-state index in [1.807, 2.05) is 37.3 Å². The van der Waals surface area contributed by atoms with Gasteiger partial charge >= 0.3 is 6.03 Å². The van der Waals surface area contributed by atoms with E-state index in [1.165, 1.54) is 5.56 Å². The van der Waals surface area contributed by atoms with Gasteiger partial charge in [0, 0.05) is 16.4 Å². The van der Waals surface area contributed by atoms with Crippen LogP contribution in [0.3, 0.4) is 0 Å². The second-order valence-corrected chi connectivity index (χ2v) is 5.75. The van der Waals surface area contributed by atoms with Gasteiger partial charge in [-0.1, -0.05) is 43.6 Å². The third kappa shape index (κ3) is 4.23. The summed E-state index contributed by atoms with van der Waals surface area (Å²) >= 11 is 5.94. The van der Waals surface area contributed by atoms with Crippen molar-refractivity contribution in [2.45, 2.75) is 26.7 Å². The lowest BCUT2D eigenvalue weighted by molar-refractivity contribution is 0.262. The number of hydrogen-bond acceptors (Lipinski definition) is 1. The van der Waals surface area contributed by atoms with Crippen molar-refractivity contribution in [1.82, 2.24) is 0 Å². The van der Waals surface area contributed by atoms with E-state index < -0.39 is 0 Å². The van der Waals surface area contributed by atoms with Crippen LogP contribution in [0.1, 0.15) is 30.9 Å². The van der Waals surface area contributed by atoms with E-state index in [-0.39, 0.29) is 6.03 Å². The standard InChI is InChI=1S/C17H19ClN2O/c1-11(2)13-5-8-15(9-6-13)19-17(21)20-16-10-14(18)7-4-12(16)3/h4-11H,1-3H3,(H2,19,20,21). The predicted molar refractivity (Wildman–Crippen MR) is 89.4 cm³/mol. The molecule has 2 rings (SSSR count). The van der Waals surface area contributed by atoms with Gasteiger partial charge in [0.2, 0.25) is 0 Å². The molecule has 0 aliphatic carbocycles. The van der Waals surface area contributed by atoms with E-state index in [4.69, 9.17) is 11.6 Å². The SMILES string of the molecule is Cc1ccc(Cl)cc1NC(=O)Nc1ccc(C(C)C)cc1. The molecule has 0 unspecified atom stereocenters. The van der Waals surface area contributed by atoms with E-state index in [0.717, 1.165) is 11.3 Å². The number of halogens is 1. The number of anilines is 2. The maximum atomic E-state index is 12.0. The van der Waals surface area contributed by atoms with Gasteiger partial charge < -0.3 is 10.6 Å². The average Bonchev–Trinajstić information content (AvgIpc) is 2.43. The molecule has 21 heavy (non-hydrogen) atoms. The van der Waals surface area contributed by atoms with Crippen LogP contribution in [0.25, 0.3) is 0 Å². The Morgan fingerprint density at radius 3 is 2.33 bits per heavy atom. The van der Waals surface area contributed by atoms with Gasteiger partial charge in [0.15, 0.2) is 0 Å². The Labute approximate surface area is 130 Å². The van der Waals surface area contributed by atoms with Crippen LogP contribution >= 0.6 is 11.6 Å². The molecule has 0 aromatic heterocycles. The highest BCUT2D eigenvalue weighted by atomic mass is 35.5. The Hall–Kier alpha value is -2.00. The van der Waals surface area contributed by atoms with Crippen LogP contribution in [0.5, 0.6) is 0 Å². The number of hydrogen-bond donors (Lipinski definition) is 2. The summed E-state index contributed by atoms with van der Waals surface area (Å²) in [7, 11) is 0. The second-order valence-electron chi connectivity index (χ2n) is 5.32. The number of aryl methyl sites for hydroxylation is 1. The van der Waals surface area contributed by atoms with Gasteiger partial charge in [0.25, 0.3) is 0 Å². The molecule has 110 valence electrons. The molecule has 3 nitrogen and oxygen atoms in total. The molecule has 0 bridgehead atoms. The van der Waals surface area contributed by atoms with Crippen molar-refractivity contribution in [3.05, 3.63) is 58.6 Å². The Morgan fingerprint density at radius 1 is 1.05 bits per heavy atom. The summed E-state index contributed by atoms with van der Waals surface area (Å²) in [5.74, 6) is 0.474. The van der Waals surface area contributed by atoms with Gasteiger partial charge in [-0.05, 0) is 48.2 Å². The van der Waals surface area contributed by atoms with Crippen molar-refractivity contribution in [2.75, 3.05) is 10.6 Å². The highest BCUT2D eigenvalue weighted by molar-refractivity contribution is 6.31. The summed E-state index contributed by atoms with van der Waals surface area (Å²) in [5.41, 5.74) is 3.67. The minimum Gasteiger partial charge on any atom is -0.308 e. The van der Waals surface area contributed by atoms with Gasteiger partial charge in [-0.2, -0.15) is 0 Å². The largest absolute Gasteiger partial charge is 0.323 e. The van der Waals surface area contributed by atoms with Crippen molar-refractivity contribution >= 4 is 29.0 Å². The fraction of sp³-hybridized carbons (Fsp3) is 0.235. The van der Waals surface area contributed by atoms with E-state index in [2.05, 4.69) is 24.5 Å². The molecular weight excluding hydrogens is 284 g/mol. The lowest BCUT2D eigenvalue weighted by Crippen LogP contribution is -2.19. The van der Waals surface area contributed by atoms with Crippen molar-refractivity contribution < 1.29 is 4.79 Å². The molecule has 0 saturated carbocycles. The van der Waals surface area contributed by atoms with Gasteiger partial charge in [-0.15, -0.1) is 0 Å². The normalized spacial score (nSPS) is 10.5. The van der Waals surface area contributed by atoms with Gasteiger partial charge in [0.1, 0.15) is 0 Å². The third-order valence-corrected chi connectivity index (χ3v) is 3.52. The van der Waals surface area contributed by atoms with Crippen molar-refractivity contribution in [1.29, 1.82) is 0 Å². The number of nitrogens with one attached hydrogen (secondary N) is 2. The lowest BCUT2D eigenvalue weighted by Gasteiger charge is -2.11. The number of urea groups is 1. The van der Waals surface area contributed by atoms with Crippen LogP contribution in [0.15, 0.2) is 42.5 Å². The fourth-order valence-corrected chi connectivity index (χ4v) is 2.14. The molecule has 0 aliphatic heterocycles. The van der Waals surface area contributed by atoms with E-state index in [9.17, 15) is 4.79 Å². The lowest BCUT2D eigenvalue weighted by atomic mass is 10.0.